The Hall–Kier alpha value is -1.36. The van der Waals surface area contributed by atoms with Crippen molar-refractivity contribution in [3.8, 4) is 0 Å². The van der Waals surface area contributed by atoms with Crippen molar-refractivity contribution < 1.29 is 14.3 Å². The van der Waals surface area contributed by atoms with Gasteiger partial charge in [0.05, 0.1) is 31.2 Å². The van der Waals surface area contributed by atoms with E-state index in [1.54, 1.807) is 0 Å². The number of esters is 1. The molecular weight excluding hydrogens is 196 g/mol. The fourth-order valence-electron chi connectivity index (χ4n) is 0.997. The summed E-state index contributed by atoms with van der Waals surface area (Å²) in [7, 11) is 1.34. The van der Waals surface area contributed by atoms with Crippen molar-refractivity contribution in [2.45, 2.75) is 33.0 Å². The number of nitrogens with zero attached hydrogens (tertiary/aromatic N) is 1. The monoisotopic (exact) mass is 212 g/mol. The molecule has 0 aliphatic carbocycles. The number of nitrogens with one attached hydrogen (secondary N) is 1. The number of ether oxygens (including phenoxy) is 2. The van der Waals surface area contributed by atoms with E-state index in [4.69, 9.17) is 4.74 Å². The first-order chi connectivity index (χ1) is 6.94. The molecule has 84 valence electrons. The Labute approximate surface area is 88.8 Å². The number of methoxy groups -OCH3 is 1. The quantitative estimate of drug-likeness (QED) is 0.771. The van der Waals surface area contributed by atoms with Crippen LogP contribution in [-0.2, 0) is 16.1 Å². The number of rotatable bonds is 3. The standard InChI is InChI=1S/C10H16N2O3/c1-10(2,3)15-6-8-7(5-11-12-8)9(13)14-4/h5H,6H2,1-4H3,(H,11,12). The summed E-state index contributed by atoms with van der Waals surface area (Å²) in [5.74, 6) is -0.406. The molecule has 1 aromatic rings. The van der Waals surface area contributed by atoms with Crippen LogP contribution in [0.5, 0.6) is 0 Å². The second-order valence-electron chi connectivity index (χ2n) is 4.15. The zero-order valence-corrected chi connectivity index (χ0v) is 9.46. The second-order valence-corrected chi connectivity index (χ2v) is 4.15. The largest absolute Gasteiger partial charge is 0.465 e. The van der Waals surface area contributed by atoms with Gasteiger partial charge in [-0.25, -0.2) is 4.79 Å². The van der Waals surface area contributed by atoms with E-state index in [9.17, 15) is 4.79 Å². The molecule has 0 aromatic carbocycles. The first kappa shape index (κ1) is 11.7. The molecule has 1 N–H and O–H groups in total. The third kappa shape index (κ3) is 3.36. The molecule has 0 saturated carbocycles. The summed E-state index contributed by atoms with van der Waals surface area (Å²) in [5.41, 5.74) is 0.803. The van der Waals surface area contributed by atoms with Gasteiger partial charge in [-0.1, -0.05) is 0 Å². The van der Waals surface area contributed by atoms with Gasteiger partial charge in [-0.15, -0.1) is 0 Å². The predicted molar refractivity (Wildman–Crippen MR) is 54.5 cm³/mol. The number of aromatic nitrogens is 2. The predicted octanol–water partition coefficient (Wildman–Crippen LogP) is 1.51. The topological polar surface area (TPSA) is 64.2 Å². The summed E-state index contributed by atoms with van der Waals surface area (Å²) in [6.45, 7) is 6.15. The van der Waals surface area contributed by atoms with Crippen LogP contribution in [0.3, 0.4) is 0 Å². The van der Waals surface area contributed by atoms with Crippen molar-refractivity contribution in [2.75, 3.05) is 7.11 Å². The van der Waals surface area contributed by atoms with E-state index in [2.05, 4.69) is 14.9 Å². The molecule has 0 amide bonds. The lowest BCUT2D eigenvalue weighted by Gasteiger charge is -2.19. The molecule has 5 heteroatoms. The molecule has 5 nitrogen and oxygen atoms in total. The van der Waals surface area contributed by atoms with E-state index in [-0.39, 0.29) is 5.60 Å². The minimum Gasteiger partial charge on any atom is -0.465 e. The number of carbonyl (C=O) groups is 1. The molecule has 0 atom stereocenters. The zero-order chi connectivity index (χ0) is 11.5. The summed E-state index contributed by atoms with van der Waals surface area (Å²) >= 11 is 0. The van der Waals surface area contributed by atoms with Crippen LogP contribution < -0.4 is 0 Å². The second kappa shape index (κ2) is 4.44. The van der Waals surface area contributed by atoms with Crippen LogP contribution in [-0.4, -0.2) is 28.9 Å². The average molecular weight is 212 g/mol. The molecule has 0 radical (unpaired) electrons. The smallest absolute Gasteiger partial charge is 0.341 e. The fraction of sp³-hybridized carbons (Fsp3) is 0.600. The minimum atomic E-state index is -0.406. The molecule has 0 bridgehead atoms. The number of carbonyl (C=O) groups excluding carboxylic acids is 1. The lowest BCUT2D eigenvalue weighted by Crippen LogP contribution is -2.19. The van der Waals surface area contributed by atoms with E-state index in [0.717, 1.165) is 0 Å². The molecule has 0 spiro atoms. The summed E-state index contributed by atoms with van der Waals surface area (Å²) in [4.78, 5) is 11.3. The van der Waals surface area contributed by atoms with Gasteiger partial charge >= 0.3 is 5.97 Å². The van der Waals surface area contributed by atoms with Gasteiger partial charge in [0.15, 0.2) is 0 Å². The van der Waals surface area contributed by atoms with E-state index >= 15 is 0 Å². The van der Waals surface area contributed by atoms with Crippen molar-refractivity contribution in [3.63, 3.8) is 0 Å². The molecule has 0 unspecified atom stereocenters. The van der Waals surface area contributed by atoms with Crippen molar-refractivity contribution in [3.05, 3.63) is 17.5 Å². The van der Waals surface area contributed by atoms with Crippen molar-refractivity contribution in [2.24, 2.45) is 0 Å². The number of aromatic amines is 1. The van der Waals surface area contributed by atoms with Crippen LogP contribution in [0.15, 0.2) is 6.20 Å². The van der Waals surface area contributed by atoms with Gasteiger partial charge in [0, 0.05) is 0 Å². The van der Waals surface area contributed by atoms with E-state index in [1.807, 2.05) is 20.8 Å². The highest BCUT2D eigenvalue weighted by Crippen LogP contribution is 2.13. The SMILES string of the molecule is COC(=O)c1cn[nH]c1COC(C)(C)C. The maximum atomic E-state index is 11.3. The molecule has 0 aliphatic rings. The van der Waals surface area contributed by atoms with Crippen LogP contribution in [0.25, 0.3) is 0 Å². The molecule has 0 aliphatic heterocycles. The molecule has 1 aromatic heterocycles. The van der Waals surface area contributed by atoms with Gasteiger partial charge in [0.2, 0.25) is 0 Å². The van der Waals surface area contributed by atoms with E-state index < -0.39 is 5.97 Å². The maximum Gasteiger partial charge on any atom is 0.341 e. The summed E-state index contributed by atoms with van der Waals surface area (Å²) in [6, 6.07) is 0. The third-order valence-electron chi connectivity index (χ3n) is 1.77. The number of hydrogen-bond acceptors (Lipinski definition) is 4. The highest BCUT2D eigenvalue weighted by molar-refractivity contribution is 5.90. The molecule has 15 heavy (non-hydrogen) atoms. The van der Waals surface area contributed by atoms with Gasteiger partial charge in [-0.3, -0.25) is 5.10 Å². The lowest BCUT2D eigenvalue weighted by molar-refractivity contribution is -0.0170. The third-order valence-corrected chi connectivity index (χ3v) is 1.77. The number of hydrogen-bond donors (Lipinski definition) is 1. The van der Waals surface area contributed by atoms with Crippen LogP contribution in [0.2, 0.25) is 0 Å². The Morgan fingerprint density at radius 2 is 2.20 bits per heavy atom. The molecule has 0 saturated heterocycles. The summed E-state index contributed by atoms with van der Waals surface area (Å²) in [5, 5.41) is 6.50. The zero-order valence-electron chi connectivity index (χ0n) is 9.46. The van der Waals surface area contributed by atoms with Gasteiger partial charge in [0.1, 0.15) is 5.56 Å². The molecule has 1 rings (SSSR count). The first-order valence-electron chi connectivity index (χ1n) is 4.68. The Bertz CT molecular complexity index is 339. The normalized spacial score (nSPS) is 11.5. The van der Waals surface area contributed by atoms with E-state index in [0.29, 0.717) is 17.9 Å². The number of H-pyrrole nitrogens is 1. The van der Waals surface area contributed by atoms with Gasteiger partial charge in [-0.2, -0.15) is 5.10 Å². The van der Waals surface area contributed by atoms with Crippen molar-refractivity contribution in [1.29, 1.82) is 0 Å². The highest BCUT2D eigenvalue weighted by Gasteiger charge is 2.17. The van der Waals surface area contributed by atoms with Crippen molar-refractivity contribution in [1.82, 2.24) is 10.2 Å². The molecule has 0 fully saturated rings. The van der Waals surface area contributed by atoms with Crippen LogP contribution in [0, 0.1) is 0 Å². The molecular formula is C10H16N2O3. The fourth-order valence-corrected chi connectivity index (χ4v) is 0.997. The minimum absolute atomic E-state index is 0.251. The van der Waals surface area contributed by atoms with Gasteiger partial charge < -0.3 is 9.47 Å². The van der Waals surface area contributed by atoms with Crippen LogP contribution in [0.4, 0.5) is 0 Å². The Morgan fingerprint density at radius 3 is 2.73 bits per heavy atom. The Balaban J connectivity index is 2.70. The van der Waals surface area contributed by atoms with Crippen LogP contribution >= 0.6 is 0 Å². The summed E-state index contributed by atoms with van der Waals surface area (Å²) < 4.78 is 10.1. The maximum absolute atomic E-state index is 11.3. The van der Waals surface area contributed by atoms with Gasteiger partial charge in [0.25, 0.3) is 0 Å². The lowest BCUT2D eigenvalue weighted by atomic mass is 10.2. The van der Waals surface area contributed by atoms with E-state index in [1.165, 1.54) is 13.3 Å². The molecule has 1 heterocycles. The summed E-state index contributed by atoms with van der Waals surface area (Å²) in [6.07, 6.45) is 1.44. The van der Waals surface area contributed by atoms with Gasteiger partial charge in [-0.05, 0) is 20.8 Å². The van der Waals surface area contributed by atoms with Crippen LogP contribution in [0.1, 0.15) is 36.8 Å². The van der Waals surface area contributed by atoms with Crippen molar-refractivity contribution >= 4 is 5.97 Å². The Kier molecular flexibility index (Phi) is 3.47. The first-order valence-corrected chi connectivity index (χ1v) is 4.68. The average Bonchev–Trinajstić information content (AvgIpc) is 2.60. The highest BCUT2D eigenvalue weighted by atomic mass is 16.5. The Morgan fingerprint density at radius 1 is 1.53 bits per heavy atom.